The summed E-state index contributed by atoms with van der Waals surface area (Å²) < 4.78 is 11.0. The minimum absolute atomic E-state index is 0.0943. The van der Waals surface area contributed by atoms with E-state index in [1.807, 2.05) is 25.1 Å². The fourth-order valence-electron chi connectivity index (χ4n) is 1.90. The van der Waals surface area contributed by atoms with Crippen LogP contribution in [0.4, 0.5) is 0 Å². The van der Waals surface area contributed by atoms with Gasteiger partial charge in [0.05, 0.1) is 5.25 Å². The molecule has 1 N–H and O–H groups in total. The number of nitrogens with one attached hydrogen (secondary N) is 1. The molecule has 3 rings (SSSR count). The number of hydrogen-bond acceptors (Lipinski definition) is 4. The summed E-state index contributed by atoms with van der Waals surface area (Å²) in [7, 11) is 0. The molecule has 1 atom stereocenters. The van der Waals surface area contributed by atoms with Gasteiger partial charge in [0, 0.05) is 10.9 Å². The van der Waals surface area contributed by atoms with Crippen LogP contribution < -0.4 is 14.8 Å². The fourth-order valence-corrected chi connectivity index (χ4v) is 2.81. The largest absolute Gasteiger partial charge is 0.486 e. The quantitative estimate of drug-likeness (QED) is 0.859. The van der Waals surface area contributed by atoms with E-state index in [1.54, 1.807) is 11.8 Å². The van der Waals surface area contributed by atoms with Crippen molar-refractivity contribution in [3.63, 3.8) is 0 Å². The number of thioether (sulfide) groups is 1. The van der Waals surface area contributed by atoms with Crippen LogP contribution in [0.3, 0.4) is 0 Å². The van der Waals surface area contributed by atoms with Crippen LogP contribution in [0.15, 0.2) is 23.1 Å². The van der Waals surface area contributed by atoms with Gasteiger partial charge in [0.15, 0.2) is 11.5 Å². The molecule has 0 saturated heterocycles. The van der Waals surface area contributed by atoms with Crippen LogP contribution in [0.25, 0.3) is 0 Å². The van der Waals surface area contributed by atoms with E-state index in [4.69, 9.17) is 9.47 Å². The Bertz CT molecular complexity index is 488. The molecule has 0 bridgehead atoms. The Morgan fingerprint density at radius 1 is 1.32 bits per heavy atom. The van der Waals surface area contributed by atoms with Crippen LogP contribution >= 0.6 is 11.8 Å². The maximum absolute atomic E-state index is 11.9. The zero-order chi connectivity index (χ0) is 13.2. The first-order valence-corrected chi connectivity index (χ1v) is 7.47. The van der Waals surface area contributed by atoms with Crippen LogP contribution in [0.5, 0.6) is 11.5 Å². The normalized spacial score (nSPS) is 18.8. The Balaban J connectivity index is 1.63. The Kier molecular flexibility index (Phi) is 3.55. The predicted octanol–water partition coefficient (Wildman–Crippen LogP) is 2.22. The number of benzene rings is 1. The van der Waals surface area contributed by atoms with Crippen LogP contribution in [0.1, 0.15) is 19.8 Å². The highest BCUT2D eigenvalue weighted by atomic mass is 32.2. The minimum atomic E-state index is -0.0943. The van der Waals surface area contributed by atoms with Crippen molar-refractivity contribution in [3.8, 4) is 11.5 Å². The molecule has 1 aliphatic carbocycles. The number of carbonyl (C=O) groups is 1. The molecule has 0 spiro atoms. The van der Waals surface area contributed by atoms with Crippen LogP contribution in [0.2, 0.25) is 0 Å². The molecule has 1 amide bonds. The zero-order valence-corrected chi connectivity index (χ0v) is 11.7. The molecular weight excluding hydrogens is 262 g/mol. The lowest BCUT2D eigenvalue weighted by Crippen LogP contribution is -2.32. The summed E-state index contributed by atoms with van der Waals surface area (Å²) in [5.74, 6) is 1.67. The monoisotopic (exact) mass is 279 g/mol. The van der Waals surface area contributed by atoms with Crippen LogP contribution in [-0.4, -0.2) is 30.4 Å². The van der Waals surface area contributed by atoms with Crippen molar-refractivity contribution in [2.45, 2.75) is 36.0 Å². The lowest BCUT2D eigenvalue weighted by Gasteiger charge is -2.19. The minimum Gasteiger partial charge on any atom is -0.486 e. The van der Waals surface area contributed by atoms with Gasteiger partial charge in [-0.15, -0.1) is 11.8 Å². The maximum Gasteiger partial charge on any atom is 0.233 e. The maximum atomic E-state index is 11.9. The molecule has 1 aromatic carbocycles. The first-order chi connectivity index (χ1) is 9.22. The van der Waals surface area contributed by atoms with E-state index >= 15 is 0 Å². The summed E-state index contributed by atoms with van der Waals surface area (Å²) >= 11 is 1.55. The van der Waals surface area contributed by atoms with E-state index < -0.39 is 0 Å². The van der Waals surface area contributed by atoms with Gasteiger partial charge in [-0.2, -0.15) is 0 Å². The number of ether oxygens (including phenoxy) is 2. The smallest absolute Gasteiger partial charge is 0.233 e. The lowest BCUT2D eigenvalue weighted by molar-refractivity contribution is -0.120. The van der Waals surface area contributed by atoms with Crippen molar-refractivity contribution in [2.75, 3.05) is 13.2 Å². The molecule has 4 nitrogen and oxygen atoms in total. The number of fused-ring (bicyclic) bond motifs is 1. The molecule has 19 heavy (non-hydrogen) atoms. The Labute approximate surface area is 116 Å². The number of carbonyl (C=O) groups excluding carboxylic acids is 1. The van der Waals surface area contributed by atoms with Crippen molar-refractivity contribution < 1.29 is 14.3 Å². The van der Waals surface area contributed by atoms with Crippen LogP contribution in [-0.2, 0) is 4.79 Å². The van der Waals surface area contributed by atoms with Gasteiger partial charge in [-0.3, -0.25) is 4.79 Å². The van der Waals surface area contributed by atoms with Crippen molar-refractivity contribution in [1.82, 2.24) is 5.32 Å². The van der Waals surface area contributed by atoms with E-state index in [9.17, 15) is 4.79 Å². The highest BCUT2D eigenvalue weighted by Gasteiger charge is 2.26. The average Bonchev–Trinajstić information content (AvgIpc) is 3.22. The van der Waals surface area contributed by atoms with Gasteiger partial charge < -0.3 is 14.8 Å². The molecule has 1 saturated carbocycles. The zero-order valence-electron chi connectivity index (χ0n) is 10.8. The summed E-state index contributed by atoms with van der Waals surface area (Å²) in [4.78, 5) is 12.9. The highest BCUT2D eigenvalue weighted by Crippen LogP contribution is 2.35. The number of rotatable bonds is 4. The summed E-state index contributed by atoms with van der Waals surface area (Å²) in [5, 5.41) is 2.93. The molecule has 102 valence electrons. The van der Waals surface area contributed by atoms with Gasteiger partial charge in [-0.25, -0.2) is 0 Å². The van der Waals surface area contributed by atoms with Crippen molar-refractivity contribution in [2.24, 2.45) is 0 Å². The van der Waals surface area contributed by atoms with Crippen molar-refractivity contribution >= 4 is 17.7 Å². The van der Waals surface area contributed by atoms with Crippen molar-refractivity contribution in [1.29, 1.82) is 0 Å². The SMILES string of the molecule is CC(Sc1ccc2c(c1)OCCO2)C(=O)NC1CC1. The second-order valence-electron chi connectivity index (χ2n) is 4.85. The molecule has 2 aliphatic rings. The molecular formula is C14H17NO3S. The van der Waals surface area contributed by atoms with E-state index in [2.05, 4.69) is 5.32 Å². The van der Waals surface area contributed by atoms with Crippen LogP contribution in [0, 0.1) is 0 Å². The molecule has 5 heteroatoms. The molecule has 1 unspecified atom stereocenters. The van der Waals surface area contributed by atoms with Crippen molar-refractivity contribution in [3.05, 3.63) is 18.2 Å². The Morgan fingerprint density at radius 3 is 2.79 bits per heavy atom. The topological polar surface area (TPSA) is 47.6 Å². The second-order valence-corrected chi connectivity index (χ2v) is 6.26. The van der Waals surface area contributed by atoms with Gasteiger partial charge in [-0.05, 0) is 38.0 Å². The van der Waals surface area contributed by atoms with E-state index in [1.165, 1.54) is 0 Å². The number of hydrogen-bond donors (Lipinski definition) is 1. The summed E-state index contributed by atoms with van der Waals surface area (Å²) in [6.07, 6.45) is 2.24. The Morgan fingerprint density at radius 2 is 2.05 bits per heavy atom. The van der Waals surface area contributed by atoms with Gasteiger partial charge in [0.25, 0.3) is 0 Å². The molecule has 0 radical (unpaired) electrons. The molecule has 0 aromatic heterocycles. The van der Waals surface area contributed by atoms with E-state index in [-0.39, 0.29) is 11.2 Å². The first kappa shape index (κ1) is 12.7. The summed E-state index contributed by atoms with van der Waals surface area (Å²) in [6.45, 7) is 3.11. The standard InChI is InChI=1S/C14H17NO3S/c1-9(14(16)15-10-2-3-10)19-11-4-5-12-13(8-11)18-7-6-17-12/h4-5,8-10H,2-3,6-7H2,1H3,(H,15,16). The summed E-state index contributed by atoms with van der Waals surface area (Å²) in [6, 6.07) is 6.23. The number of amides is 1. The second kappa shape index (κ2) is 5.33. The van der Waals surface area contributed by atoms with E-state index in [0.29, 0.717) is 19.3 Å². The third kappa shape index (κ3) is 3.15. The van der Waals surface area contributed by atoms with Gasteiger partial charge in [-0.1, -0.05) is 0 Å². The van der Waals surface area contributed by atoms with Gasteiger partial charge in [0.2, 0.25) is 5.91 Å². The van der Waals surface area contributed by atoms with E-state index in [0.717, 1.165) is 29.2 Å². The fraction of sp³-hybridized carbons (Fsp3) is 0.500. The Hall–Kier alpha value is -1.36. The third-order valence-electron chi connectivity index (χ3n) is 3.12. The molecule has 1 aliphatic heterocycles. The predicted molar refractivity (Wildman–Crippen MR) is 73.9 cm³/mol. The first-order valence-electron chi connectivity index (χ1n) is 6.59. The average molecular weight is 279 g/mol. The van der Waals surface area contributed by atoms with Gasteiger partial charge >= 0.3 is 0 Å². The summed E-state index contributed by atoms with van der Waals surface area (Å²) in [5.41, 5.74) is 0. The molecule has 1 aromatic rings. The molecule has 1 heterocycles. The molecule has 1 fully saturated rings. The van der Waals surface area contributed by atoms with Gasteiger partial charge in [0.1, 0.15) is 13.2 Å². The lowest BCUT2D eigenvalue weighted by atomic mass is 10.3. The highest BCUT2D eigenvalue weighted by molar-refractivity contribution is 8.00. The third-order valence-corrected chi connectivity index (χ3v) is 4.21.